The van der Waals surface area contributed by atoms with E-state index in [0.717, 1.165) is 42.7 Å². The molecule has 1 aliphatic carbocycles. The van der Waals surface area contributed by atoms with Gasteiger partial charge in [0.15, 0.2) is 0 Å². The van der Waals surface area contributed by atoms with Crippen LogP contribution in [0.1, 0.15) is 17.8 Å². The van der Waals surface area contributed by atoms with Gasteiger partial charge in [0.05, 0.1) is 16.8 Å². The van der Waals surface area contributed by atoms with Crippen molar-refractivity contribution in [2.24, 2.45) is 5.92 Å². The van der Waals surface area contributed by atoms with Crippen LogP contribution < -0.4 is 5.32 Å². The smallest absolute Gasteiger partial charge is 0.108 e. The first kappa shape index (κ1) is 12.1. The molecule has 3 rings (SSSR count). The van der Waals surface area contributed by atoms with Gasteiger partial charge in [-0.25, -0.2) is 4.98 Å². The zero-order valence-corrected chi connectivity index (χ0v) is 11.2. The van der Waals surface area contributed by atoms with Gasteiger partial charge >= 0.3 is 0 Å². The van der Waals surface area contributed by atoms with Gasteiger partial charge in [-0.3, -0.25) is 0 Å². The lowest BCUT2D eigenvalue weighted by Gasteiger charge is -2.03. The minimum absolute atomic E-state index is 0.807. The molecule has 4 heteroatoms. The van der Waals surface area contributed by atoms with Crippen molar-refractivity contribution in [3.63, 3.8) is 0 Å². The maximum Gasteiger partial charge on any atom is 0.108 e. The fourth-order valence-electron chi connectivity index (χ4n) is 1.87. The van der Waals surface area contributed by atoms with Crippen LogP contribution in [0.3, 0.4) is 0 Å². The summed E-state index contributed by atoms with van der Waals surface area (Å²) in [6, 6.07) is 8.28. The number of hydrogen-bond acceptors (Lipinski definition) is 4. The van der Waals surface area contributed by atoms with Crippen molar-refractivity contribution in [1.29, 1.82) is 0 Å². The van der Waals surface area contributed by atoms with Crippen LogP contribution in [-0.4, -0.2) is 24.7 Å². The van der Waals surface area contributed by atoms with E-state index in [9.17, 15) is 0 Å². The van der Waals surface area contributed by atoms with Crippen LogP contribution in [0, 0.1) is 5.92 Å². The highest BCUT2D eigenvalue weighted by molar-refractivity contribution is 7.18. The molecule has 3 nitrogen and oxygen atoms in total. The monoisotopic (exact) mass is 262 g/mol. The van der Waals surface area contributed by atoms with Gasteiger partial charge in [0.1, 0.15) is 5.01 Å². The summed E-state index contributed by atoms with van der Waals surface area (Å²) in [7, 11) is 0. The van der Waals surface area contributed by atoms with Crippen LogP contribution in [0.25, 0.3) is 10.2 Å². The third kappa shape index (κ3) is 3.28. The SMILES string of the molecule is c1ccc2sc(CNCCOCC3CC3)nc2c1. The summed E-state index contributed by atoms with van der Waals surface area (Å²) in [4.78, 5) is 4.58. The number of benzene rings is 1. The normalized spacial score (nSPS) is 15.3. The number of rotatable bonds is 7. The number of thiazole rings is 1. The Morgan fingerprint density at radius 2 is 2.22 bits per heavy atom. The molecule has 0 aliphatic heterocycles. The van der Waals surface area contributed by atoms with Crippen molar-refractivity contribution in [2.75, 3.05) is 19.8 Å². The molecule has 0 saturated heterocycles. The van der Waals surface area contributed by atoms with E-state index in [1.807, 2.05) is 6.07 Å². The van der Waals surface area contributed by atoms with Crippen LogP contribution in [-0.2, 0) is 11.3 Å². The molecular weight excluding hydrogens is 244 g/mol. The average Bonchev–Trinajstić information content (AvgIpc) is 3.11. The van der Waals surface area contributed by atoms with Crippen molar-refractivity contribution in [3.8, 4) is 0 Å². The van der Waals surface area contributed by atoms with E-state index in [-0.39, 0.29) is 0 Å². The number of aromatic nitrogens is 1. The number of para-hydroxylation sites is 1. The van der Waals surface area contributed by atoms with Crippen molar-refractivity contribution in [3.05, 3.63) is 29.3 Å². The molecule has 96 valence electrons. The molecule has 0 unspecified atom stereocenters. The minimum Gasteiger partial charge on any atom is -0.380 e. The van der Waals surface area contributed by atoms with Gasteiger partial charge in [-0.2, -0.15) is 0 Å². The second-order valence-electron chi connectivity index (χ2n) is 4.77. The van der Waals surface area contributed by atoms with Crippen LogP contribution >= 0.6 is 11.3 Å². The van der Waals surface area contributed by atoms with Gasteiger partial charge in [-0.05, 0) is 30.9 Å². The summed E-state index contributed by atoms with van der Waals surface area (Å²) in [6.45, 7) is 3.50. The van der Waals surface area contributed by atoms with Crippen LogP contribution in [0.4, 0.5) is 0 Å². The maximum atomic E-state index is 5.57. The molecule has 1 aliphatic rings. The van der Waals surface area contributed by atoms with E-state index in [2.05, 4.69) is 28.5 Å². The third-order valence-corrected chi connectivity index (χ3v) is 4.12. The van der Waals surface area contributed by atoms with E-state index in [0.29, 0.717) is 0 Å². The number of nitrogens with one attached hydrogen (secondary N) is 1. The fraction of sp³-hybridized carbons (Fsp3) is 0.500. The van der Waals surface area contributed by atoms with Crippen LogP contribution in [0.15, 0.2) is 24.3 Å². The summed E-state index contributed by atoms with van der Waals surface area (Å²) in [5.41, 5.74) is 1.10. The Labute approximate surface area is 111 Å². The summed E-state index contributed by atoms with van der Waals surface area (Å²) in [5.74, 6) is 0.856. The fourth-order valence-corrected chi connectivity index (χ4v) is 2.81. The maximum absolute atomic E-state index is 5.57. The molecule has 0 amide bonds. The number of ether oxygens (including phenoxy) is 1. The highest BCUT2D eigenvalue weighted by Crippen LogP contribution is 2.28. The quantitative estimate of drug-likeness (QED) is 0.779. The van der Waals surface area contributed by atoms with Gasteiger partial charge in [0.25, 0.3) is 0 Å². The lowest BCUT2D eigenvalue weighted by atomic mass is 10.3. The second-order valence-corrected chi connectivity index (χ2v) is 5.89. The Bertz CT molecular complexity index is 474. The molecule has 0 atom stereocenters. The highest BCUT2D eigenvalue weighted by Gasteiger charge is 2.20. The van der Waals surface area contributed by atoms with Gasteiger partial charge in [-0.1, -0.05) is 12.1 Å². The first-order chi connectivity index (χ1) is 8.92. The van der Waals surface area contributed by atoms with E-state index in [1.165, 1.54) is 17.5 Å². The molecule has 0 bridgehead atoms. The molecule has 1 heterocycles. The molecular formula is C14H18N2OS. The van der Waals surface area contributed by atoms with Gasteiger partial charge in [0.2, 0.25) is 0 Å². The Kier molecular flexibility index (Phi) is 3.88. The second kappa shape index (κ2) is 5.78. The first-order valence-corrected chi connectivity index (χ1v) is 7.36. The number of nitrogens with zero attached hydrogens (tertiary/aromatic N) is 1. The predicted octanol–water partition coefficient (Wildman–Crippen LogP) is 2.81. The Morgan fingerprint density at radius 1 is 1.33 bits per heavy atom. The van der Waals surface area contributed by atoms with E-state index in [4.69, 9.17) is 4.74 Å². The van der Waals surface area contributed by atoms with Crippen LogP contribution in [0.2, 0.25) is 0 Å². The minimum atomic E-state index is 0.807. The topological polar surface area (TPSA) is 34.1 Å². The molecule has 0 radical (unpaired) electrons. The molecule has 2 aromatic rings. The van der Waals surface area contributed by atoms with E-state index in [1.54, 1.807) is 11.3 Å². The summed E-state index contributed by atoms with van der Waals surface area (Å²) in [5, 5.41) is 4.53. The van der Waals surface area contributed by atoms with Gasteiger partial charge < -0.3 is 10.1 Å². The first-order valence-electron chi connectivity index (χ1n) is 6.55. The molecule has 1 aromatic carbocycles. The molecule has 0 spiro atoms. The molecule has 1 aromatic heterocycles. The van der Waals surface area contributed by atoms with Crippen molar-refractivity contribution < 1.29 is 4.74 Å². The Balaban J connectivity index is 1.39. The zero-order chi connectivity index (χ0) is 12.2. The summed E-state index contributed by atoms with van der Waals surface area (Å²) < 4.78 is 6.84. The Hall–Kier alpha value is -0.970. The summed E-state index contributed by atoms with van der Waals surface area (Å²) in [6.07, 6.45) is 2.72. The lowest BCUT2D eigenvalue weighted by Crippen LogP contribution is -2.19. The van der Waals surface area contributed by atoms with E-state index >= 15 is 0 Å². The molecule has 1 fully saturated rings. The third-order valence-electron chi connectivity index (χ3n) is 3.09. The van der Waals surface area contributed by atoms with Crippen molar-refractivity contribution in [1.82, 2.24) is 10.3 Å². The molecule has 18 heavy (non-hydrogen) atoms. The van der Waals surface area contributed by atoms with Crippen LogP contribution in [0.5, 0.6) is 0 Å². The Morgan fingerprint density at radius 3 is 3.06 bits per heavy atom. The largest absolute Gasteiger partial charge is 0.380 e. The number of hydrogen-bond donors (Lipinski definition) is 1. The highest BCUT2D eigenvalue weighted by atomic mass is 32.1. The standard InChI is InChI=1S/C14H18N2OS/c1-2-4-13-12(3-1)16-14(18-13)9-15-7-8-17-10-11-5-6-11/h1-4,11,15H,5-10H2. The molecule has 1 N–H and O–H groups in total. The van der Waals surface area contributed by atoms with E-state index < -0.39 is 0 Å². The van der Waals surface area contributed by atoms with Crippen molar-refractivity contribution in [2.45, 2.75) is 19.4 Å². The van der Waals surface area contributed by atoms with Crippen molar-refractivity contribution >= 4 is 21.6 Å². The summed E-state index contributed by atoms with van der Waals surface area (Å²) >= 11 is 1.76. The number of fused-ring (bicyclic) bond motifs is 1. The predicted molar refractivity (Wildman–Crippen MR) is 74.9 cm³/mol. The average molecular weight is 262 g/mol. The molecule has 1 saturated carbocycles. The zero-order valence-electron chi connectivity index (χ0n) is 10.4. The lowest BCUT2D eigenvalue weighted by molar-refractivity contribution is 0.126. The van der Waals surface area contributed by atoms with Gasteiger partial charge in [-0.15, -0.1) is 11.3 Å². The van der Waals surface area contributed by atoms with Gasteiger partial charge in [0, 0.05) is 19.7 Å².